The molecule has 6 heteroatoms. The summed E-state index contributed by atoms with van der Waals surface area (Å²) in [6.45, 7) is 5.92. The van der Waals surface area contributed by atoms with Gasteiger partial charge >= 0.3 is 5.97 Å². The summed E-state index contributed by atoms with van der Waals surface area (Å²) in [4.78, 5) is 15.7. The van der Waals surface area contributed by atoms with Gasteiger partial charge in [-0.1, -0.05) is 75.1 Å². The Morgan fingerprint density at radius 2 is 1.58 bits per heavy atom. The lowest BCUT2D eigenvalue weighted by atomic mass is 10.0. The van der Waals surface area contributed by atoms with Crippen molar-refractivity contribution in [2.45, 2.75) is 62.2 Å². The van der Waals surface area contributed by atoms with Crippen LogP contribution in [0.1, 0.15) is 57.9 Å². The number of nitrogens with zero attached hydrogens (tertiary/aromatic N) is 2. The maximum Gasteiger partial charge on any atom is 0.346 e. The van der Waals surface area contributed by atoms with E-state index < -0.39 is 5.97 Å². The van der Waals surface area contributed by atoms with Crippen molar-refractivity contribution in [3.8, 4) is 22.9 Å². The smallest absolute Gasteiger partial charge is 0.346 e. The second-order valence-corrected chi connectivity index (χ2v) is 10.5. The molecule has 0 fully saturated rings. The van der Waals surface area contributed by atoms with Crippen molar-refractivity contribution in [3.05, 3.63) is 71.8 Å². The first kappa shape index (κ1) is 27.3. The third kappa shape index (κ3) is 6.59. The van der Waals surface area contributed by atoms with E-state index in [0.717, 1.165) is 57.6 Å². The number of ether oxygens (including phenoxy) is 1. The molecule has 0 saturated carbocycles. The van der Waals surface area contributed by atoms with Crippen molar-refractivity contribution in [2.75, 3.05) is 18.1 Å². The van der Waals surface area contributed by atoms with E-state index in [-0.39, 0.29) is 5.57 Å². The Bertz CT molecular complexity index is 1340. The molecule has 0 bridgehead atoms. The maximum atomic E-state index is 11.3. The Labute approximate surface area is 229 Å². The zero-order chi connectivity index (χ0) is 26.9. The molecule has 3 aromatic carbocycles. The minimum absolute atomic E-state index is 0.278. The summed E-state index contributed by atoms with van der Waals surface area (Å²) in [5, 5.41) is 18.3. The van der Waals surface area contributed by atoms with Crippen LogP contribution >= 0.6 is 11.8 Å². The van der Waals surface area contributed by atoms with Gasteiger partial charge in [-0.15, -0.1) is 0 Å². The van der Waals surface area contributed by atoms with Crippen molar-refractivity contribution in [3.63, 3.8) is 0 Å². The Morgan fingerprint density at radius 3 is 2.26 bits per heavy atom. The van der Waals surface area contributed by atoms with Gasteiger partial charge in [-0.25, -0.2) is 4.79 Å². The van der Waals surface area contributed by atoms with Gasteiger partial charge in [-0.2, -0.15) is 5.26 Å². The molecule has 3 aromatic rings. The van der Waals surface area contributed by atoms with E-state index in [1.807, 2.05) is 30.3 Å². The van der Waals surface area contributed by atoms with Crippen molar-refractivity contribution < 1.29 is 14.6 Å². The zero-order valence-electron chi connectivity index (χ0n) is 22.1. The molecule has 196 valence electrons. The fourth-order valence-electron chi connectivity index (χ4n) is 4.64. The second-order valence-electron chi connectivity index (χ2n) is 9.37. The molecule has 0 aliphatic carbocycles. The van der Waals surface area contributed by atoms with Crippen LogP contribution in [0, 0.1) is 11.3 Å². The van der Waals surface area contributed by atoms with Crippen molar-refractivity contribution in [2.24, 2.45) is 0 Å². The van der Waals surface area contributed by atoms with Crippen LogP contribution in [-0.2, 0) is 4.79 Å². The number of hydrogen-bond donors (Lipinski definition) is 1. The first-order chi connectivity index (χ1) is 18.5. The Morgan fingerprint density at radius 1 is 0.921 bits per heavy atom. The molecule has 0 radical (unpaired) electrons. The number of carboxylic acid groups (broad SMARTS) is 1. The van der Waals surface area contributed by atoms with Crippen LogP contribution in [0.25, 0.3) is 17.2 Å². The standard InChI is InChI=1S/C32H34N2O3S/c1-3-5-6-7-8-9-18-37-27-14-11-24(12-15-27)25-13-17-29-31(21-25)38-30-20-23(19-26(22-33)32(35)36)10-16-28(30)34(29)4-2/h10-17,19-21H,3-9,18H2,1-2H3,(H,35,36)/b26-19+. The summed E-state index contributed by atoms with van der Waals surface area (Å²) in [7, 11) is 0. The molecule has 1 aliphatic heterocycles. The van der Waals surface area contributed by atoms with Gasteiger partial charge in [-0.3, -0.25) is 0 Å². The topological polar surface area (TPSA) is 73.6 Å². The first-order valence-electron chi connectivity index (χ1n) is 13.4. The number of carboxylic acids is 1. The lowest BCUT2D eigenvalue weighted by Crippen LogP contribution is -2.20. The van der Waals surface area contributed by atoms with Crippen LogP contribution in [0.5, 0.6) is 5.75 Å². The van der Waals surface area contributed by atoms with Gasteiger partial charge in [-0.05, 0) is 72.5 Å². The third-order valence-corrected chi connectivity index (χ3v) is 7.77. The summed E-state index contributed by atoms with van der Waals surface area (Å²) in [6, 6.07) is 22.4. The summed E-state index contributed by atoms with van der Waals surface area (Å²) in [5.74, 6) is -0.318. The van der Waals surface area contributed by atoms with Gasteiger partial charge < -0.3 is 14.7 Å². The average molecular weight is 527 g/mol. The number of rotatable bonds is 12. The molecule has 0 aromatic heterocycles. The minimum atomic E-state index is -1.22. The predicted octanol–water partition coefficient (Wildman–Crippen LogP) is 8.71. The van der Waals surface area contributed by atoms with E-state index in [2.05, 4.69) is 49.1 Å². The van der Waals surface area contributed by atoms with E-state index in [9.17, 15) is 9.90 Å². The first-order valence-corrected chi connectivity index (χ1v) is 14.2. The van der Waals surface area contributed by atoms with Crippen molar-refractivity contribution >= 4 is 35.2 Å². The molecule has 0 spiro atoms. The quantitative estimate of drug-likeness (QED) is 0.144. The predicted molar refractivity (Wildman–Crippen MR) is 155 cm³/mol. The molecule has 0 unspecified atom stereocenters. The third-order valence-electron chi connectivity index (χ3n) is 6.68. The average Bonchev–Trinajstić information content (AvgIpc) is 2.93. The molecule has 1 heterocycles. The van der Waals surface area contributed by atoms with Gasteiger partial charge in [0.1, 0.15) is 17.4 Å². The van der Waals surface area contributed by atoms with E-state index in [1.54, 1.807) is 17.8 Å². The maximum absolute atomic E-state index is 11.3. The summed E-state index contributed by atoms with van der Waals surface area (Å²) in [6.07, 6.45) is 8.92. The molecule has 5 nitrogen and oxygen atoms in total. The number of unbranched alkanes of at least 4 members (excludes halogenated alkanes) is 5. The number of hydrogen-bond acceptors (Lipinski definition) is 5. The van der Waals surface area contributed by atoms with Gasteiger partial charge in [0, 0.05) is 16.3 Å². The molecule has 0 amide bonds. The molecule has 0 saturated heterocycles. The molecule has 1 aliphatic rings. The monoisotopic (exact) mass is 526 g/mol. The highest BCUT2D eigenvalue weighted by Crippen LogP contribution is 2.49. The number of benzene rings is 3. The number of aliphatic carboxylic acids is 1. The summed E-state index contributed by atoms with van der Waals surface area (Å²) in [5.41, 5.74) is 4.91. The van der Waals surface area contributed by atoms with Crippen LogP contribution in [0.3, 0.4) is 0 Å². The van der Waals surface area contributed by atoms with Crippen LogP contribution < -0.4 is 9.64 Å². The van der Waals surface area contributed by atoms with Crippen molar-refractivity contribution in [1.82, 2.24) is 0 Å². The normalized spacial score (nSPS) is 12.4. The van der Waals surface area contributed by atoms with Crippen molar-refractivity contribution in [1.29, 1.82) is 5.26 Å². The van der Waals surface area contributed by atoms with Gasteiger partial charge in [0.15, 0.2) is 0 Å². The number of carbonyl (C=O) groups is 1. The number of fused-ring (bicyclic) bond motifs is 2. The lowest BCUT2D eigenvalue weighted by Gasteiger charge is -2.32. The van der Waals surface area contributed by atoms with Crippen LogP contribution in [-0.4, -0.2) is 24.2 Å². The number of nitriles is 1. The number of anilines is 2. The molecular weight excluding hydrogens is 492 g/mol. The Balaban J connectivity index is 1.48. The molecule has 38 heavy (non-hydrogen) atoms. The molecule has 4 rings (SSSR count). The van der Waals surface area contributed by atoms with Gasteiger partial charge in [0.05, 0.1) is 18.0 Å². The van der Waals surface area contributed by atoms with Crippen LogP contribution in [0.4, 0.5) is 11.4 Å². The fourth-order valence-corrected chi connectivity index (χ4v) is 5.82. The fraction of sp³-hybridized carbons (Fsp3) is 0.312. The highest BCUT2D eigenvalue weighted by Gasteiger charge is 2.23. The second kappa shape index (κ2) is 13.2. The van der Waals surface area contributed by atoms with E-state index >= 15 is 0 Å². The highest BCUT2D eigenvalue weighted by atomic mass is 32.2. The van der Waals surface area contributed by atoms with Gasteiger partial charge in [0.2, 0.25) is 0 Å². The van der Waals surface area contributed by atoms with E-state index in [4.69, 9.17) is 10.00 Å². The highest BCUT2D eigenvalue weighted by molar-refractivity contribution is 7.99. The van der Waals surface area contributed by atoms with E-state index in [0.29, 0.717) is 5.56 Å². The van der Waals surface area contributed by atoms with Crippen LogP contribution in [0.2, 0.25) is 0 Å². The van der Waals surface area contributed by atoms with Gasteiger partial charge in [0.25, 0.3) is 0 Å². The lowest BCUT2D eigenvalue weighted by molar-refractivity contribution is -0.132. The SMILES string of the molecule is CCCCCCCCOc1ccc(-c2ccc3c(c2)Sc2cc(/C=C(\C#N)C(=O)O)ccc2N3CC)cc1. The largest absolute Gasteiger partial charge is 0.494 e. The summed E-state index contributed by atoms with van der Waals surface area (Å²) >= 11 is 1.67. The Kier molecular flexibility index (Phi) is 9.51. The molecule has 1 N–H and O–H groups in total. The van der Waals surface area contributed by atoms with E-state index in [1.165, 1.54) is 38.2 Å². The summed E-state index contributed by atoms with van der Waals surface area (Å²) < 4.78 is 5.95. The minimum Gasteiger partial charge on any atom is -0.494 e. The Hall–Kier alpha value is -3.69. The van der Waals surface area contributed by atoms with Crippen LogP contribution in [0.15, 0.2) is 76.0 Å². The molecule has 0 atom stereocenters. The molecular formula is C32H34N2O3S. The zero-order valence-corrected chi connectivity index (χ0v) is 22.9.